The van der Waals surface area contributed by atoms with Crippen molar-refractivity contribution in [1.82, 2.24) is 29.5 Å². The van der Waals surface area contributed by atoms with Gasteiger partial charge in [0.15, 0.2) is 5.65 Å². The monoisotopic (exact) mass is 556 g/mol. The van der Waals surface area contributed by atoms with E-state index >= 15 is 0 Å². The number of piperazine rings is 1. The minimum absolute atomic E-state index is 0.307. The van der Waals surface area contributed by atoms with Crippen molar-refractivity contribution in [2.45, 2.75) is 44.3 Å². The molecule has 0 unspecified atom stereocenters. The Morgan fingerprint density at radius 3 is 2.20 bits per heavy atom. The van der Waals surface area contributed by atoms with E-state index in [1.807, 2.05) is 18.2 Å². The quantitative estimate of drug-likeness (QED) is 0.326. The molecular weight excluding hydrogens is 516 g/mol. The van der Waals surface area contributed by atoms with E-state index in [1.54, 1.807) is 20.5 Å². The molecule has 41 heavy (non-hydrogen) atoms. The van der Waals surface area contributed by atoms with E-state index in [2.05, 4.69) is 61.1 Å². The van der Waals surface area contributed by atoms with Gasteiger partial charge in [-0.15, -0.1) is 0 Å². The third kappa shape index (κ3) is 5.54. The average Bonchev–Trinajstić information content (AvgIpc) is 3.41. The van der Waals surface area contributed by atoms with Crippen LogP contribution in [0, 0.1) is 0 Å². The lowest BCUT2D eigenvalue weighted by Gasteiger charge is -2.41. The van der Waals surface area contributed by atoms with Crippen LogP contribution in [0.25, 0.3) is 22.3 Å². The van der Waals surface area contributed by atoms with Crippen LogP contribution in [0.1, 0.15) is 37.3 Å². The Morgan fingerprint density at radius 1 is 0.878 bits per heavy atom. The lowest BCUT2D eigenvalue weighted by Crippen LogP contribution is -2.49. The number of nitrogens with one attached hydrogen (secondary N) is 1. The number of ether oxygens (including phenoxy) is 2. The second kappa shape index (κ2) is 11.9. The number of nitrogens with two attached hydrogens (primary N) is 1. The van der Waals surface area contributed by atoms with Crippen LogP contribution < -0.4 is 20.5 Å². The zero-order valence-corrected chi connectivity index (χ0v) is 24.2. The summed E-state index contributed by atoms with van der Waals surface area (Å²) in [6, 6.07) is 15.0. The van der Waals surface area contributed by atoms with Gasteiger partial charge in [0.05, 0.1) is 31.2 Å². The predicted octanol–water partition coefficient (Wildman–Crippen LogP) is 4.44. The molecule has 6 rings (SSSR count). The van der Waals surface area contributed by atoms with Crippen LogP contribution in [0.3, 0.4) is 0 Å². The minimum Gasteiger partial charge on any atom is -0.496 e. The number of methoxy groups -OCH3 is 2. The smallest absolute Gasteiger partial charge is 0.164 e. The van der Waals surface area contributed by atoms with E-state index in [0.717, 1.165) is 71.0 Å². The van der Waals surface area contributed by atoms with E-state index in [9.17, 15) is 0 Å². The van der Waals surface area contributed by atoms with Crippen molar-refractivity contribution >= 4 is 22.5 Å². The summed E-state index contributed by atoms with van der Waals surface area (Å²) in [7, 11) is 5.56. The molecule has 1 saturated carbocycles. The molecule has 0 spiro atoms. The fourth-order valence-electron chi connectivity index (χ4n) is 6.35. The summed E-state index contributed by atoms with van der Waals surface area (Å²) >= 11 is 0. The van der Waals surface area contributed by atoms with Gasteiger partial charge in [-0.2, -0.15) is 5.10 Å². The van der Waals surface area contributed by atoms with Crippen LogP contribution in [0.5, 0.6) is 11.5 Å². The molecule has 10 heteroatoms. The highest BCUT2D eigenvalue weighted by atomic mass is 16.5. The van der Waals surface area contributed by atoms with Gasteiger partial charge >= 0.3 is 0 Å². The number of hydrogen-bond acceptors (Lipinski definition) is 9. The van der Waals surface area contributed by atoms with Gasteiger partial charge in [-0.3, -0.25) is 4.90 Å². The number of anilines is 2. The Kier molecular flexibility index (Phi) is 7.93. The number of rotatable bonds is 8. The third-order valence-corrected chi connectivity index (χ3v) is 8.74. The normalized spacial score (nSPS) is 20.3. The molecule has 1 saturated heterocycles. The van der Waals surface area contributed by atoms with Crippen molar-refractivity contribution < 1.29 is 9.47 Å². The largest absolute Gasteiger partial charge is 0.496 e. The van der Waals surface area contributed by atoms with E-state index in [4.69, 9.17) is 20.3 Å². The van der Waals surface area contributed by atoms with Crippen molar-refractivity contribution in [3.8, 4) is 22.8 Å². The molecule has 216 valence electrons. The van der Waals surface area contributed by atoms with Gasteiger partial charge < -0.3 is 25.4 Å². The molecular formula is C31H40N8O2. The van der Waals surface area contributed by atoms with E-state index in [-0.39, 0.29) is 0 Å². The molecule has 3 heterocycles. The van der Waals surface area contributed by atoms with Crippen LogP contribution in [0.2, 0.25) is 0 Å². The molecule has 0 amide bonds. The number of hydrogen-bond donors (Lipinski definition) is 2. The third-order valence-electron chi connectivity index (χ3n) is 8.74. The maximum absolute atomic E-state index is 6.41. The van der Waals surface area contributed by atoms with Gasteiger partial charge in [-0.25, -0.2) is 14.6 Å². The summed E-state index contributed by atoms with van der Waals surface area (Å²) in [5.74, 6) is 2.05. The van der Waals surface area contributed by atoms with E-state index in [1.165, 1.54) is 25.9 Å². The number of fused-ring (bicyclic) bond motifs is 1. The second-order valence-electron chi connectivity index (χ2n) is 11.1. The van der Waals surface area contributed by atoms with Crippen molar-refractivity contribution in [3.05, 3.63) is 54.4 Å². The summed E-state index contributed by atoms with van der Waals surface area (Å²) in [5.41, 5.74) is 11.0. The molecule has 3 N–H and O–H groups in total. The maximum atomic E-state index is 6.41. The minimum atomic E-state index is 0.307. The van der Waals surface area contributed by atoms with Crippen LogP contribution >= 0.6 is 0 Å². The first kappa shape index (κ1) is 27.3. The first-order valence-electron chi connectivity index (χ1n) is 14.5. The SMILES string of the molecule is COc1cccc(OC)c1CNc1ccc(-c2nn([C@H]3CC[C@@H](N4CCN(C)CC4)CC3)c3ncnc(N)c23)cc1. The van der Waals surface area contributed by atoms with Gasteiger partial charge in [-0.1, -0.05) is 18.2 Å². The highest BCUT2D eigenvalue weighted by molar-refractivity contribution is 5.98. The molecule has 2 aromatic heterocycles. The topological polar surface area (TPSA) is 107 Å². The molecule has 0 atom stereocenters. The number of likely N-dealkylation sites (N-methyl/N-ethyl adjacent to an activating group) is 1. The lowest BCUT2D eigenvalue weighted by molar-refractivity contribution is 0.0815. The van der Waals surface area contributed by atoms with Crippen LogP contribution in [-0.2, 0) is 6.54 Å². The van der Waals surface area contributed by atoms with E-state index < -0.39 is 0 Å². The standard InChI is InChI=1S/C31H40N8O2/c1-37-15-17-38(18-16-37)23-11-13-24(14-12-23)39-31-28(30(32)34-20-35-31)29(36-39)21-7-9-22(10-8-21)33-19-25-26(40-2)5-4-6-27(25)41-3/h4-10,20,23-24,33H,11-19H2,1-3H3,(H2,32,34,35)/t23-,24+. The summed E-state index contributed by atoms with van der Waals surface area (Å²) in [6.07, 6.45) is 6.10. The van der Waals surface area contributed by atoms with Gasteiger partial charge in [0.1, 0.15) is 29.3 Å². The molecule has 4 aromatic rings. The summed E-state index contributed by atoms with van der Waals surface area (Å²) < 4.78 is 13.2. The molecule has 10 nitrogen and oxygen atoms in total. The molecule has 2 aliphatic rings. The van der Waals surface area contributed by atoms with Crippen molar-refractivity contribution in [2.75, 3.05) is 58.5 Å². The lowest BCUT2D eigenvalue weighted by atomic mass is 9.90. The predicted molar refractivity (Wildman–Crippen MR) is 162 cm³/mol. The molecule has 1 aliphatic heterocycles. The van der Waals surface area contributed by atoms with Gasteiger partial charge in [0, 0.05) is 50.0 Å². The number of aromatic nitrogens is 4. The number of nitrogen functional groups attached to an aromatic ring is 1. The van der Waals surface area contributed by atoms with Gasteiger partial charge in [0.25, 0.3) is 0 Å². The fourth-order valence-corrected chi connectivity index (χ4v) is 6.35. The molecule has 2 fully saturated rings. The number of benzene rings is 2. The highest BCUT2D eigenvalue weighted by Gasteiger charge is 2.30. The van der Waals surface area contributed by atoms with Crippen molar-refractivity contribution in [1.29, 1.82) is 0 Å². The Labute approximate surface area is 241 Å². The average molecular weight is 557 g/mol. The molecule has 2 aromatic carbocycles. The molecule has 0 radical (unpaired) electrons. The Morgan fingerprint density at radius 2 is 1.54 bits per heavy atom. The summed E-state index contributed by atoms with van der Waals surface area (Å²) in [5, 5.41) is 9.43. The van der Waals surface area contributed by atoms with Gasteiger partial charge in [0.2, 0.25) is 0 Å². The molecule has 0 bridgehead atoms. The Balaban J connectivity index is 1.20. The Bertz CT molecular complexity index is 1450. The van der Waals surface area contributed by atoms with Crippen molar-refractivity contribution in [3.63, 3.8) is 0 Å². The highest BCUT2D eigenvalue weighted by Crippen LogP contribution is 2.37. The maximum Gasteiger partial charge on any atom is 0.164 e. The van der Waals surface area contributed by atoms with Gasteiger partial charge in [-0.05, 0) is 57.0 Å². The summed E-state index contributed by atoms with van der Waals surface area (Å²) in [4.78, 5) is 14.1. The number of nitrogens with zero attached hydrogens (tertiary/aromatic N) is 6. The first-order chi connectivity index (χ1) is 20.1. The molecule has 1 aliphatic carbocycles. The second-order valence-corrected chi connectivity index (χ2v) is 11.1. The zero-order valence-electron chi connectivity index (χ0n) is 24.2. The fraction of sp³-hybridized carbons (Fsp3) is 0.452. The Hall–Kier alpha value is -3.89. The summed E-state index contributed by atoms with van der Waals surface area (Å²) in [6.45, 7) is 5.23. The first-order valence-corrected chi connectivity index (χ1v) is 14.5. The van der Waals surface area contributed by atoms with Crippen LogP contribution in [0.4, 0.5) is 11.5 Å². The van der Waals surface area contributed by atoms with Crippen LogP contribution in [0.15, 0.2) is 48.8 Å². The van der Waals surface area contributed by atoms with E-state index in [0.29, 0.717) is 24.4 Å². The van der Waals surface area contributed by atoms with Crippen molar-refractivity contribution in [2.24, 2.45) is 0 Å². The van der Waals surface area contributed by atoms with Crippen LogP contribution in [-0.4, -0.2) is 83.0 Å². The zero-order chi connectivity index (χ0) is 28.3.